The van der Waals surface area contributed by atoms with Gasteiger partial charge in [-0.15, -0.1) is 11.3 Å². The first-order valence-electron chi connectivity index (χ1n) is 3.49. The number of thiophene rings is 1. The average Bonchev–Trinajstić information content (AvgIpc) is 2.55. The van der Waals surface area contributed by atoms with Crippen LogP contribution in [0.15, 0.2) is 17.5 Å². The summed E-state index contributed by atoms with van der Waals surface area (Å²) in [6.45, 7) is 0. The maximum Gasteiger partial charge on any atom is 0.101 e. The summed E-state index contributed by atoms with van der Waals surface area (Å²) in [5.41, 5.74) is 0.731. The molecule has 1 heterocycles. The van der Waals surface area contributed by atoms with Crippen LogP contribution in [0.5, 0.6) is 0 Å². The summed E-state index contributed by atoms with van der Waals surface area (Å²) in [4.78, 5) is 0. The molecule has 0 unspecified atom stereocenters. The van der Waals surface area contributed by atoms with Gasteiger partial charge in [0, 0.05) is 14.3 Å². The van der Waals surface area contributed by atoms with Crippen molar-refractivity contribution in [2.75, 3.05) is 0 Å². The monoisotopic (exact) mass is 319 g/mol. The lowest BCUT2D eigenvalue weighted by atomic mass is 10.2. The molecule has 0 spiro atoms. The predicted octanol–water partition coefficient (Wildman–Crippen LogP) is 4.03. The molecule has 0 radical (unpaired) electrons. The van der Waals surface area contributed by atoms with Crippen molar-refractivity contribution in [3.63, 3.8) is 0 Å². The Labute approximate surface area is 98.1 Å². The third-order valence-corrected chi connectivity index (χ3v) is 4.89. The van der Waals surface area contributed by atoms with E-state index in [0.29, 0.717) is 0 Å². The number of halogens is 2. The number of hydrogen-bond acceptors (Lipinski definition) is 2. The Bertz CT molecular complexity index is 512. The maximum atomic E-state index is 8.81. The molecule has 4 heteroatoms. The van der Waals surface area contributed by atoms with Crippen molar-refractivity contribution in [3.05, 3.63) is 31.7 Å². The summed E-state index contributed by atoms with van der Waals surface area (Å²) in [6, 6.07) is 5.89. The fraction of sp³-hybridized carbons (Fsp3) is 0. The summed E-state index contributed by atoms with van der Waals surface area (Å²) in [5, 5.41) is 12.4. The van der Waals surface area contributed by atoms with Crippen molar-refractivity contribution >= 4 is 55.6 Å². The molecule has 0 fully saturated rings. The molecule has 0 atom stereocenters. The van der Waals surface area contributed by atoms with Gasteiger partial charge < -0.3 is 0 Å². The fourth-order valence-electron chi connectivity index (χ4n) is 1.13. The van der Waals surface area contributed by atoms with Crippen molar-refractivity contribution in [1.29, 1.82) is 5.26 Å². The van der Waals surface area contributed by atoms with Crippen LogP contribution in [0.1, 0.15) is 5.56 Å². The van der Waals surface area contributed by atoms with Gasteiger partial charge in [0.15, 0.2) is 0 Å². The highest BCUT2D eigenvalue weighted by atomic mass is 127. The molecule has 0 aliphatic carbocycles. The summed E-state index contributed by atoms with van der Waals surface area (Å²) >= 11 is 9.72. The standard InChI is InChI=1S/C9H3ClINS/c10-7-2-1-6-5(3-12)4-13-9(6)8(7)11/h1-2,4H. The lowest BCUT2D eigenvalue weighted by Gasteiger charge is -1.96. The van der Waals surface area contributed by atoms with E-state index in [4.69, 9.17) is 16.9 Å². The quantitative estimate of drug-likeness (QED) is 0.673. The first-order chi connectivity index (χ1) is 6.24. The van der Waals surface area contributed by atoms with E-state index in [-0.39, 0.29) is 0 Å². The second-order valence-electron chi connectivity index (χ2n) is 2.50. The zero-order valence-electron chi connectivity index (χ0n) is 6.34. The summed E-state index contributed by atoms with van der Waals surface area (Å²) in [6.07, 6.45) is 0. The van der Waals surface area contributed by atoms with Gasteiger partial charge in [0.2, 0.25) is 0 Å². The van der Waals surface area contributed by atoms with Gasteiger partial charge in [-0.3, -0.25) is 0 Å². The lowest BCUT2D eigenvalue weighted by molar-refractivity contribution is 1.52. The van der Waals surface area contributed by atoms with E-state index in [2.05, 4.69) is 28.7 Å². The smallest absolute Gasteiger partial charge is 0.101 e. The van der Waals surface area contributed by atoms with Crippen LogP contribution in [0.2, 0.25) is 5.02 Å². The molecule has 1 aromatic heterocycles. The third kappa shape index (κ3) is 1.43. The minimum Gasteiger partial charge on any atom is -0.192 e. The lowest BCUT2D eigenvalue weighted by Crippen LogP contribution is -1.75. The van der Waals surface area contributed by atoms with E-state index in [9.17, 15) is 0 Å². The molecule has 1 aromatic carbocycles. The molecule has 0 bridgehead atoms. The molecular formula is C9H3ClINS. The van der Waals surface area contributed by atoms with Crippen molar-refractivity contribution in [1.82, 2.24) is 0 Å². The van der Waals surface area contributed by atoms with Crippen molar-refractivity contribution in [2.24, 2.45) is 0 Å². The van der Waals surface area contributed by atoms with E-state index in [1.165, 1.54) is 0 Å². The Hall–Kier alpha value is -0.310. The van der Waals surface area contributed by atoms with Gasteiger partial charge in [-0.1, -0.05) is 17.7 Å². The van der Waals surface area contributed by atoms with Crippen LogP contribution >= 0.6 is 45.5 Å². The summed E-state index contributed by atoms with van der Waals surface area (Å²) in [7, 11) is 0. The first kappa shape index (κ1) is 9.25. The Morgan fingerprint density at radius 2 is 2.23 bits per heavy atom. The van der Waals surface area contributed by atoms with Crippen LogP contribution in [0.25, 0.3) is 10.1 Å². The van der Waals surface area contributed by atoms with Crippen LogP contribution in [0.3, 0.4) is 0 Å². The molecular weight excluding hydrogens is 317 g/mol. The molecule has 2 rings (SSSR count). The zero-order valence-corrected chi connectivity index (χ0v) is 10.1. The number of rotatable bonds is 0. The van der Waals surface area contributed by atoms with E-state index in [1.807, 2.05) is 17.5 Å². The Morgan fingerprint density at radius 3 is 2.92 bits per heavy atom. The van der Waals surface area contributed by atoms with Crippen LogP contribution in [-0.2, 0) is 0 Å². The van der Waals surface area contributed by atoms with E-state index in [1.54, 1.807) is 11.3 Å². The third-order valence-electron chi connectivity index (χ3n) is 1.76. The summed E-state index contributed by atoms with van der Waals surface area (Å²) < 4.78 is 2.13. The normalized spacial score (nSPS) is 10.2. The highest BCUT2D eigenvalue weighted by molar-refractivity contribution is 14.1. The molecule has 0 saturated heterocycles. The molecule has 0 aliphatic rings. The molecule has 0 aliphatic heterocycles. The topological polar surface area (TPSA) is 23.8 Å². The second-order valence-corrected chi connectivity index (χ2v) is 4.86. The first-order valence-corrected chi connectivity index (χ1v) is 5.83. The molecule has 1 nitrogen and oxygen atoms in total. The van der Waals surface area contributed by atoms with Gasteiger partial charge in [0.25, 0.3) is 0 Å². The molecule has 0 amide bonds. The number of nitriles is 1. The molecule has 0 saturated carbocycles. The van der Waals surface area contributed by atoms with Gasteiger partial charge >= 0.3 is 0 Å². The maximum absolute atomic E-state index is 8.81. The highest BCUT2D eigenvalue weighted by Crippen LogP contribution is 2.33. The van der Waals surface area contributed by atoms with E-state index in [0.717, 1.165) is 24.2 Å². The van der Waals surface area contributed by atoms with E-state index >= 15 is 0 Å². The summed E-state index contributed by atoms with van der Waals surface area (Å²) in [5.74, 6) is 0. The Morgan fingerprint density at radius 1 is 1.46 bits per heavy atom. The predicted molar refractivity (Wildman–Crippen MR) is 64.3 cm³/mol. The number of benzene rings is 1. The number of fused-ring (bicyclic) bond motifs is 1. The number of hydrogen-bond donors (Lipinski definition) is 0. The molecule has 0 N–H and O–H groups in total. The SMILES string of the molecule is N#Cc1csc2c(I)c(Cl)ccc12. The molecule has 2 aromatic rings. The van der Waals surface area contributed by atoms with Gasteiger partial charge in [-0.05, 0) is 28.7 Å². The molecule has 13 heavy (non-hydrogen) atoms. The van der Waals surface area contributed by atoms with Gasteiger partial charge in [0.05, 0.1) is 15.3 Å². The van der Waals surface area contributed by atoms with E-state index < -0.39 is 0 Å². The highest BCUT2D eigenvalue weighted by Gasteiger charge is 2.08. The van der Waals surface area contributed by atoms with Crippen molar-refractivity contribution in [2.45, 2.75) is 0 Å². The van der Waals surface area contributed by atoms with Crippen LogP contribution in [-0.4, -0.2) is 0 Å². The second kappa shape index (κ2) is 3.45. The Kier molecular flexibility index (Phi) is 2.45. The van der Waals surface area contributed by atoms with Gasteiger partial charge in [0.1, 0.15) is 6.07 Å². The van der Waals surface area contributed by atoms with Crippen LogP contribution in [0.4, 0.5) is 0 Å². The van der Waals surface area contributed by atoms with Crippen molar-refractivity contribution in [3.8, 4) is 6.07 Å². The van der Waals surface area contributed by atoms with Crippen LogP contribution < -0.4 is 0 Å². The molecule has 64 valence electrons. The average molecular weight is 320 g/mol. The zero-order chi connectivity index (χ0) is 9.42. The van der Waals surface area contributed by atoms with Crippen LogP contribution in [0, 0.1) is 14.9 Å². The van der Waals surface area contributed by atoms with Gasteiger partial charge in [-0.25, -0.2) is 0 Å². The number of nitrogens with zero attached hydrogens (tertiary/aromatic N) is 1. The van der Waals surface area contributed by atoms with Gasteiger partial charge in [-0.2, -0.15) is 5.26 Å². The largest absolute Gasteiger partial charge is 0.192 e. The van der Waals surface area contributed by atoms with Crippen molar-refractivity contribution < 1.29 is 0 Å². The minimum atomic E-state index is 0.731. The minimum absolute atomic E-state index is 0.731. The Balaban J connectivity index is 2.91. The fourth-order valence-corrected chi connectivity index (χ4v) is 3.13.